The maximum atomic E-state index is 11.5. The highest BCUT2D eigenvalue weighted by Gasteiger charge is 2.27. The maximum absolute atomic E-state index is 11.5. The smallest absolute Gasteiger partial charge is 0.248 e. The fourth-order valence-electron chi connectivity index (χ4n) is 2.32. The standard InChI is InChI=1S/C13H16N4O3S/c1-8-14-9(7-21-8)5-20-6-12-10-2-17(13(19)4-18)3-11(10)15-16-12/h7,18H,2-6H2,1H3,(H,15,16). The molecular formula is C13H16N4O3S. The number of fused-ring (bicyclic) bond motifs is 1. The van der Waals surface area contributed by atoms with Crippen LogP contribution in [-0.2, 0) is 35.8 Å². The highest BCUT2D eigenvalue weighted by molar-refractivity contribution is 7.09. The van der Waals surface area contributed by atoms with Crippen LogP contribution in [0.25, 0.3) is 0 Å². The highest BCUT2D eigenvalue weighted by Crippen LogP contribution is 2.24. The number of nitrogens with one attached hydrogen (secondary N) is 1. The molecule has 0 radical (unpaired) electrons. The van der Waals surface area contributed by atoms with Crippen molar-refractivity contribution < 1.29 is 14.6 Å². The zero-order valence-corrected chi connectivity index (χ0v) is 12.4. The molecule has 1 aliphatic heterocycles. The molecule has 0 saturated heterocycles. The monoisotopic (exact) mass is 308 g/mol. The van der Waals surface area contributed by atoms with Crippen molar-refractivity contribution in [3.63, 3.8) is 0 Å². The van der Waals surface area contributed by atoms with E-state index in [1.165, 1.54) is 0 Å². The molecule has 0 saturated carbocycles. The summed E-state index contributed by atoms with van der Waals surface area (Å²) in [6.45, 7) is 3.26. The zero-order valence-electron chi connectivity index (χ0n) is 11.6. The van der Waals surface area contributed by atoms with Gasteiger partial charge in [-0.3, -0.25) is 9.89 Å². The Bertz CT molecular complexity index is 652. The molecule has 0 bridgehead atoms. The van der Waals surface area contributed by atoms with Gasteiger partial charge < -0.3 is 14.7 Å². The summed E-state index contributed by atoms with van der Waals surface area (Å²) in [7, 11) is 0. The van der Waals surface area contributed by atoms with Crippen LogP contribution in [0.5, 0.6) is 0 Å². The van der Waals surface area contributed by atoms with Gasteiger partial charge in [0.05, 0.1) is 41.8 Å². The largest absolute Gasteiger partial charge is 0.387 e. The molecule has 3 rings (SSSR count). The van der Waals surface area contributed by atoms with E-state index >= 15 is 0 Å². The third-order valence-corrected chi connectivity index (χ3v) is 4.20. The van der Waals surface area contributed by atoms with Gasteiger partial charge in [0.15, 0.2) is 0 Å². The summed E-state index contributed by atoms with van der Waals surface area (Å²) in [6.07, 6.45) is 0. The van der Waals surface area contributed by atoms with Crippen LogP contribution in [0.4, 0.5) is 0 Å². The number of carbonyl (C=O) groups excluding carboxylic acids is 1. The van der Waals surface area contributed by atoms with Crippen LogP contribution in [0.1, 0.15) is 27.7 Å². The molecule has 1 aliphatic rings. The number of ether oxygens (including phenoxy) is 1. The number of aryl methyl sites for hydroxylation is 1. The van der Waals surface area contributed by atoms with Crippen molar-refractivity contribution in [1.82, 2.24) is 20.1 Å². The Hall–Kier alpha value is -1.77. The van der Waals surface area contributed by atoms with Crippen molar-refractivity contribution in [1.29, 1.82) is 0 Å². The van der Waals surface area contributed by atoms with E-state index in [2.05, 4.69) is 15.2 Å². The lowest BCUT2D eigenvalue weighted by atomic mass is 10.2. The van der Waals surface area contributed by atoms with E-state index in [0.29, 0.717) is 26.3 Å². The van der Waals surface area contributed by atoms with Crippen LogP contribution in [0.2, 0.25) is 0 Å². The average molecular weight is 308 g/mol. The van der Waals surface area contributed by atoms with Gasteiger partial charge in [0.1, 0.15) is 6.61 Å². The molecule has 0 fully saturated rings. The highest BCUT2D eigenvalue weighted by atomic mass is 32.1. The van der Waals surface area contributed by atoms with Crippen LogP contribution in [0, 0.1) is 6.92 Å². The first-order valence-corrected chi connectivity index (χ1v) is 7.47. The Balaban J connectivity index is 1.58. The molecule has 112 valence electrons. The quantitative estimate of drug-likeness (QED) is 0.849. The molecule has 0 aromatic carbocycles. The van der Waals surface area contributed by atoms with Crippen molar-refractivity contribution >= 4 is 17.2 Å². The lowest BCUT2D eigenvalue weighted by Crippen LogP contribution is -2.28. The first kappa shape index (κ1) is 14.2. The molecular weight excluding hydrogens is 292 g/mol. The molecule has 2 aromatic rings. The van der Waals surface area contributed by atoms with Crippen molar-refractivity contribution in [2.75, 3.05) is 6.61 Å². The van der Waals surface area contributed by atoms with Crippen molar-refractivity contribution in [3.05, 3.63) is 33.0 Å². The van der Waals surface area contributed by atoms with Gasteiger partial charge in [-0.2, -0.15) is 5.10 Å². The summed E-state index contributed by atoms with van der Waals surface area (Å²) in [5.74, 6) is -0.274. The lowest BCUT2D eigenvalue weighted by molar-refractivity contribution is -0.134. The summed E-state index contributed by atoms with van der Waals surface area (Å²) in [4.78, 5) is 17.4. The van der Waals surface area contributed by atoms with Gasteiger partial charge in [0, 0.05) is 17.5 Å². The van der Waals surface area contributed by atoms with E-state index in [1.54, 1.807) is 16.2 Å². The number of hydrogen-bond acceptors (Lipinski definition) is 6. The number of hydrogen-bond donors (Lipinski definition) is 2. The van der Waals surface area contributed by atoms with Gasteiger partial charge in [-0.1, -0.05) is 0 Å². The van der Waals surface area contributed by atoms with Gasteiger partial charge in [-0.05, 0) is 6.92 Å². The topological polar surface area (TPSA) is 91.3 Å². The predicted octanol–water partition coefficient (Wildman–Crippen LogP) is 0.726. The average Bonchev–Trinajstić information content (AvgIpc) is 3.15. The predicted molar refractivity (Wildman–Crippen MR) is 75.3 cm³/mol. The van der Waals surface area contributed by atoms with Gasteiger partial charge >= 0.3 is 0 Å². The molecule has 2 N–H and O–H groups in total. The fourth-order valence-corrected chi connectivity index (χ4v) is 2.92. The Labute approximate surface area is 125 Å². The number of nitrogens with zero attached hydrogens (tertiary/aromatic N) is 3. The molecule has 2 aromatic heterocycles. The minimum Gasteiger partial charge on any atom is -0.387 e. The molecule has 0 aliphatic carbocycles. The zero-order chi connectivity index (χ0) is 14.8. The third-order valence-electron chi connectivity index (χ3n) is 3.38. The molecule has 3 heterocycles. The molecule has 21 heavy (non-hydrogen) atoms. The van der Waals surface area contributed by atoms with Gasteiger partial charge in [0.2, 0.25) is 5.91 Å². The van der Waals surface area contributed by atoms with Crippen LogP contribution >= 0.6 is 11.3 Å². The van der Waals surface area contributed by atoms with Crippen molar-refractivity contribution in [2.24, 2.45) is 0 Å². The molecule has 0 atom stereocenters. The van der Waals surface area contributed by atoms with E-state index < -0.39 is 6.61 Å². The van der Waals surface area contributed by atoms with Crippen molar-refractivity contribution in [3.8, 4) is 0 Å². The normalized spacial score (nSPS) is 13.7. The number of aliphatic hydroxyl groups is 1. The van der Waals surface area contributed by atoms with Crippen LogP contribution in [0.15, 0.2) is 5.38 Å². The first-order chi connectivity index (χ1) is 10.2. The minimum absolute atomic E-state index is 0.274. The van der Waals surface area contributed by atoms with Gasteiger partial charge in [-0.25, -0.2) is 4.98 Å². The second-order valence-corrected chi connectivity index (χ2v) is 5.95. The second kappa shape index (κ2) is 5.92. The fraction of sp³-hybridized carbons (Fsp3) is 0.462. The van der Waals surface area contributed by atoms with Crippen LogP contribution in [-0.4, -0.2) is 37.7 Å². The summed E-state index contributed by atoms with van der Waals surface area (Å²) < 4.78 is 5.63. The number of rotatable bonds is 5. The van der Waals surface area contributed by atoms with E-state index in [-0.39, 0.29) is 5.91 Å². The Morgan fingerprint density at radius 1 is 1.52 bits per heavy atom. The number of carbonyl (C=O) groups is 1. The van der Waals surface area contributed by atoms with Crippen LogP contribution < -0.4 is 0 Å². The van der Waals surface area contributed by atoms with E-state index in [0.717, 1.165) is 27.7 Å². The van der Waals surface area contributed by atoms with Crippen LogP contribution in [0.3, 0.4) is 0 Å². The lowest BCUT2D eigenvalue weighted by Gasteiger charge is -2.13. The summed E-state index contributed by atoms with van der Waals surface area (Å²) in [5, 5.41) is 19.1. The molecule has 1 amide bonds. The Kier molecular flexibility index (Phi) is 4.00. The number of aromatic amines is 1. The molecule has 8 heteroatoms. The number of amides is 1. The minimum atomic E-state index is -0.466. The molecule has 0 spiro atoms. The first-order valence-electron chi connectivity index (χ1n) is 6.59. The summed E-state index contributed by atoms with van der Waals surface area (Å²) in [5.41, 5.74) is 3.64. The maximum Gasteiger partial charge on any atom is 0.248 e. The van der Waals surface area contributed by atoms with E-state index in [4.69, 9.17) is 9.84 Å². The number of H-pyrrole nitrogens is 1. The summed E-state index contributed by atoms with van der Waals surface area (Å²) in [6, 6.07) is 0. The Morgan fingerprint density at radius 2 is 2.38 bits per heavy atom. The van der Waals surface area contributed by atoms with Gasteiger partial charge in [0.25, 0.3) is 0 Å². The van der Waals surface area contributed by atoms with Crippen molar-refractivity contribution in [2.45, 2.75) is 33.2 Å². The SMILES string of the molecule is Cc1nc(COCc2n[nH]c3c2CN(C(=O)CO)C3)cs1. The number of aliphatic hydroxyl groups excluding tert-OH is 1. The molecule has 7 nitrogen and oxygen atoms in total. The van der Waals surface area contributed by atoms with E-state index in [1.807, 2.05) is 12.3 Å². The Morgan fingerprint density at radius 3 is 3.10 bits per heavy atom. The second-order valence-electron chi connectivity index (χ2n) is 4.89. The number of aromatic nitrogens is 3. The molecule has 0 unspecified atom stereocenters. The third kappa shape index (κ3) is 2.97. The summed E-state index contributed by atoms with van der Waals surface area (Å²) >= 11 is 1.60. The number of thiazole rings is 1. The van der Waals surface area contributed by atoms with E-state index in [9.17, 15) is 4.79 Å². The van der Waals surface area contributed by atoms with Gasteiger partial charge in [-0.15, -0.1) is 11.3 Å².